The number of fused-ring (bicyclic) bond motifs is 1. The third-order valence-electron chi connectivity index (χ3n) is 3.57. The van der Waals surface area contributed by atoms with Crippen molar-refractivity contribution in [3.63, 3.8) is 0 Å². The molecule has 0 fully saturated rings. The fourth-order valence-electron chi connectivity index (χ4n) is 2.52. The van der Waals surface area contributed by atoms with Crippen LogP contribution in [-0.2, 0) is 0 Å². The van der Waals surface area contributed by atoms with E-state index in [1.807, 2.05) is 6.07 Å². The SMILES string of the molecule is Cc1ccc(C(C)c2nc3ccccc3s2)c(C)c1. The lowest BCUT2D eigenvalue weighted by molar-refractivity contribution is 0.898. The molecule has 0 aliphatic carbocycles. The van der Waals surface area contributed by atoms with E-state index in [9.17, 15) is 0 Å². The van der Waals surface area contributed by atoms with Crippen LogP contribution in [0.4, 0.5) is 0 Å². The molecule has 3 rings (SSSR count). The molecule has 0 saturated heterocycles. The van der Waals surface area contributed by atoms with Gasteiger partial charge in [-0.15, -0.1) is 11.3 Å². The average molecular weight is 267 g/mol. The van der Waals surface area contributed by atoms with Crippen molar-refractivity contribution in [2.24, 2.45) is 0 Å². The van der Waals surface area contributed by atoms with Crippen LogP contribution in [0.1, 0.15) is 34.5 Å². The maximum Gasteiger partial charge on any atom is 0.101 e. The molecule has 1 heterocycles. The standard InChI is InChI=1S/C17H17NS/c1-11-8-9-14(12(2)10-11)13(3)17-18-15-6-4-5-7-16(15)19-17/h4-10,13H,1-3H3. The molecule has 1 aromatic heterocycles. The molecular formula is C17H17NS. The summed E-state index contributed by atoms with van der Waals surface area (Å²) in [5.74, 6) is 0.359. The van der Waals surface area contributed by atoms with Crippen molar-refractivity contribution >= 4 is 21.6 Å². The molecule has 0 radical (unpaired) electrons. The number of thiazole rings is 1. The zero-order chi connectivity index (χ0) is 13.4. The summed E-state index contributed by atoms with van der Waals surface area (Å²) >= 11 is 1.80. The number of aryl methyl sites for hydroxylation is 2. The van der Waals surface area contributed by atoms with E-state index < -0.39 is 0 Å². The lowest BCUT2D eigenvalue weighted by atomic mass is 9.95. The van der Waals surface area contributed by atoms with Crippen molar-refractivity contribution in [3.05, 3.63) is 64.2 Å². The Hall–Kier alpha value is -1.67. The maximum atomic E-state index is 4.77. The van der Waals surface area contributed by atoms with Gasteiger partial charge in [0.15, 0.2) is 0 Å². The van der Waals surface area contributed by atoms with Crippen LogP contribution in [0, 0.1) is 13.8 Å². The maximum absolute atomic E-state index is 4.77. The molecule has 0 saturated carbocycles. The predicted molar refractivity (Wildman–Crippen MR) is 83.1 cm³/mol. The first-order valence-corrected chi connectivity index (χ1v) is 7.39. The highest BCUT2D eigenvalue weighted by Gasteiger charge is 2.15. The Kier molecular flexibility index (Phi) is 3.11. The van der Waals surface area contributed by atoms with Crippen molar-refractivity contribution in [2.75, 3.05) is 0 Å². The van der Waals surface area contributed by atoms with Crippen molar-refractivity contribution in [3.8, 4) is 0 Å². The summed E-state index contributed by atoms with van der Waals surface area (Å²) in [5.41, 5.74) is 5.16. The van der Waals surface area contributed by atoms with Gasteiger partial charge >= 0.3 is 0 Å². The fourth-order valence-corrected chi connectivity index (χ4v) is 3.56. The molecule has 1 unspecified atom stereocenters. The Labute approximate surface area is 117 Å². The zero-order valence-corrected chi connectivity index (χ0v) is 12.3. The summed E-state index contributed by atoms with van der Waals surface area (Å²) in [6.45, 7) is 6.57. The van der Waals surface area contributed by atoms with Gasteiger partial charge in [-0.25, -0.2) is 4.98 Å². The second kappa shape index (κ2) is 4.78. The number of benzene rings is 2. The predicted octanol–water partition coefficient (Wildman–Crippen LogP) is 5.06. The normalized spacial score (nSPS) is 12.8. The Morgan fingerprint density at radius 2 is 1.84 bits per heavy atom. The molecule has 2 heteroatoms. The monoisotopic (exact) mass is 267 g/mol. The third-order valence-corrected chi connectivity index (χ3v) is 4.79. The minimum Gasteiger partial charge on any atom is -0.241 e. The van der Waals surface area contributed by atoms with E-state index in [2.05, 4.69) is 57.2 Å². The van der Waals surface area contributed by atoms with Crippen LogP contribution >= 0.6 is 11.3 Å². The lowest BCUT2D eigenvalue weighted by Crippen LogP contribution is -1.98. The Morgan fingerprint density at radius 3 is 2.58 bits per heavy atom. The Balaban J connectivity index is 2.05. The largest absolute Gasteiger partial charge is 0.241 e. The summed E-state index contributed by atoms with van der Waals surface area (Å²) in [7, 11) is 0. The van der Waals surface area contributed by atoms with E-state index in [1.54, 1.807) is 11.3 Å². The van der Waals surface area contributed by atoms with Crippen LogP contribution in [0.25, 0.3) is 10.2 Å². The average Bonchev–Trinajstić information content (AvgIpc) is 2.81. The van der Waals surface area contributed by atoms with E-state index >= 15 is 0 Å². The highest BCUT2D eigenvalue weighted by atomic mass is 32.1. The van der Waals surface area contributed by atoms with Gasteiger partial charge in [-0.1, -0.05) is 42.8 Å². The van der Waals surface area contributed by atoms with E-state index in [0.717, 1.165) is 5.52 Å². The molecule has 0 amide bonds. The summed E-state index contributed by atoms with van der Waals surface area (Å²) in [6.07, 6.45) is 0. The number of hydrogen-bond acceptors (Lipinski definition) is 2. The second-order valence-electron chi connectivity index (χ2n) is 5.10. The minimum atomic E-state index is 0.359. The summed E-state index contributed by atoms with van der Waals surface area (Å²) in [4.78, 5) is 4.77. The molecule has 1 atom stereocenters. The van der Waals surface area contributed by atoms with Crippen molar-refractivity contribution in [1.29, 1.82) is 0 Å². The van der Waals surface area contributed by atoms with E-state index in [1.165, 1.54) is 26.4 Å². The Morgan fingerprint density at radius 1 is 1.05 bits per heavy atom. The van der Waals surface area contributed by atoms with Gasteiger partial charge in [0.1, 0.15) is 5.01 Å². The number of para-hydroxylation sites is 1. The van der Waals surface area contributed by atoms with Gasteiger partial charge in [0, 0.05) is 5.92 Å². The summed E-state index contributed by atoms with van der Waals surface area (Å²) < 4.78 is 1.27. The first kappa shape index (κ1) is 12.4. The number of hydrogen-bond donors (Lipinski definition) is 0. The molecule has 0 aliphatic heterocycles. The second-order valence-corrected chi connectivity index (χ2v) is 6.16. The smallest absolute Gasteiger partial charge is 0.101 e. The van der Waals surface area contributed by atoms with E-state index in [0.29, 0.717) is 5.92 Å². The Bertz CT molecular complexity index is 694. The minimum absolute atomic E-state index is 0.359. The van der Waals surface area contributed by atoms with E-state index in [4.69, 9.17) is 4.98 Å². The van der Waals surface area contributed by atoms with Gasteiger partial charge < -0.3 is 0 Å². The van der Waals surface area contributed by atoms with Gasteiger partial charge in [-0.05, 0) is 37.1 Å². The topological polar surface area (TPSA) is 12.9 Å². The molecule has 1 nitrogen and oxygen atoms in total. The zero-order valence-electron chi connectivity index (χ0n) is 11.5. The molecule has 0 spiro atoms. The number of nitrogens with zero attached hydrogens (tertiary/aromatic N) is 1. The summed E-state index contributed by atoms with van der Waals surface area (Å²) in [5, 5.41) is 1.20. The highest BCUT2D eigenvalue weighted by Crippen LogP contribution is 2.32. The molecular weight excluding hydrogens is 250 g/mol. The molecule has 0 aliphatic rings. The van der Waals surface area contributed by atoms with Gasteiger partial charge in [-0.2, -0.15) is 0 Å². The summed E-state index contributed by atoms with van der Waals surface area (Å²) in [6, 6.07) is 15.0. The van der Waals surface area contributed by atoms with Crippen LogP contribution in [0.2, 0.25) is 0 Å². The van der Waals surface area contributed by atoms with Gasteiger partial charge in [0.2, 0.25) is 0 Å². The van der Waals surface area contributed by atoms with Crippen LogP contribution in [0.3, 0.4) is 0 Å². The van der Waals surface area contributed by atoms with E-state index in [-0.39, 0.29) is 0 Å². The quantitative estimate of drug-likeness (QED) is 0.632. The van der Waals surface area contributed by atoms with Crippen LogP contribution in [-0.4, -0.2) is 4.98 Å². The molecule has 0 N–H and O–H groups in total. The van der Waals surface area contributed by atoms with Crippen molar-refractivity contribution in [1.82, 2.24) is 4.98 Å². The molecule has 2 aromatic carbocycles. The number of rotatable bonds is 2. The van der Waals surface area contributed by atoms with Crippen LogP contribution < -0.4 is 0 Å². The molecule has 0 bridgehead atoms. The van der Waals surface area contributed by atoms with Crippen molar-refractivity contribution in [2.45, 2.75) is 26.7 Å². The first-order valence-electron chi connectivity index (χ1n) is 6.58. The fraction of sp³-hybridized carbons (Fsp3) is 0.235. The lowest BCUT2D eigenvalue weighted by Gasteiger charge is -2.12. The molecule has 96 valence electrons. The highest BCUT2D eigenvalue weighted by molar-refractivity contribution is 7.18. The van der Waals surface area contributed by atoms with Gasteiger partial charge in [-0.3, -0.25) is 0 Å². The number of aromatic nitrogens is 1. The van der Waals surface area contributed by atoms with Gasteiger partial charge in [0.05, 0.1) is 10.2 Å². The van der Waals surface area contributed by atoms with Crippen LogP contribution in [0.5, 0.6) is 0 Å². The molecule has 19 heavy (non-hydrogen) atoms. The molecule has 3 aromatic rings. The van der Waals surface area contributed by atoms with Crippen LogP contribution in [0.15, 0.2) is 42.5 Å². The first-order chi connectivity index (χ1) is 9.15. The third kappa shape index (κ3) is 2.28. The van der Waals surface area contributed by atoms with Gasteiger partial charge in [0.25, 0.3) is 0 Å². The van der Waals surface area contributed by atoms with Crippen molar-refractivity contribution < 1.29 is 0 Å².